The summed E-state index contributed by atoms with van der Waals surface area (Å²) in [4.78, 5) is 11.6. The smallest absolute Gasteiger partial charge is 0.164 e. The highest BCUT2D eigenvalue weighted by atomic mass is 16.7. The van der Waals surface area contributed by atoms with Crippen molar-refractivity contribution in [3.05, 3.63) is 0 Å². The lowest BCUT2D eigenvalue weighted by Crippen LogP contribution is -2.21. The van der Waals surface area contributed by atoms with Crippen molar-refractivity contribution in [2.24, 2.45) is 5.92 Å². The number of ketones is 1. The molecule has 0 saturated carbocycles. The topological polar surface area (TPSA) is 44.8 Å². The van der Waals surface area contributed by atoms with E-state index >= 15 is 0 Å². The molecule has 4 nitrogen and oxygen atoms in total. The number of Topliss-reactive ketones (excluding diaryl/α,β-unsaturated/α-hetero) is 1. The van der Waals surface area contributed by atoms with Crippen LogP contribution in [0.4, 0.5) is 0 Å². The molecule has 0 spiro atoms. The van der Waals surface area contributed by atoms with Gasteiger partial charge in [-0.3, -0.25) is 4.79 Å². The van der Waals surface area contributed by atoms with Crippen molar-refractivity contribution in [3.8, 4) is 0 Å². The summed E-state index contributed by atoms with van der Waals surface area (Å²) in [6, 6.07) is 0. The van der Waals surface area contributed by atoms with E-state index in [1.165, 1.54) is 0 Å². The van der Waals surface area contributed by atoms with Gasteiger partial charge in [0.15, 0.2) is 6.29 Å². The zero-order valence-corrected chi connectivity index (χ0v) is 7.53. The zero-order chi connectivity index (χ0) is 9.10. The Morgan fingerprint density at radius 1 is 1.23 bits per heavy atom. The molecule has 2 aliphatic heterocycles. The third-order valence-corrected chi connectivity index (χ3v) is 2.44. The lowest BCUT2D eigenvalue weighted by Gasteiger charge is -2.10. The van der Waals surface area contributed by atoms with Crippen LogP contribution in [-0.4, -0.2) is 38.5 Å². The summed E-state index contributed by atoms with van der Waals surface area (Å²) in [6.07, 6.45) is 0.938. The second-order valence-electron chi connectivity index (χ2n) is 3.40. The minimum atomic E-state index is -0.298. The van der Waals surface area contributed by atoms with Gasteiger partial charge >= 0.3 is 0 Å². The number of ether oxygens (including phenoxy) is 3. The molecule has 2 rings (SSSR count). The number of rotatable bonds is 3. The van der Waals surface area contributed by atoms with E-state index in [0.717, 1.165) is 6.42 Å². The van der Waals surface area contributed by atoms with E-state index < -0.39 is 0 Å². The van der Waals surface area contributed by atoms with Crippen molar-refractivity contribution in [2.45, 2.75) is 19.1 Å². The fourth-order valence-corrected chi connectivity index (χ4v) is 1.64. The normalized spacial score (nSPS) is 29.7. The molecule has 2 saturated heterocycles. The van der Waals surface area contributed by atoms with Gasteiger partial charge in [-0.2, -0.15) is 0 Å². The quantitative estimate of drug-likeness (QED) is 0.638. The highest BCUT2D eigenvalue weighted by molar-refractivity contribution is 5.81. The molecule has 0 amide bonds. The molecule has 1 atom stereocenters. The van der Waals surface area contributed by atoms with Crippen LogP contribution < -0.4 is 0 Å². The first-order valence-corrected chi connectivity index (χ1v) is 4.70. The van der Waals surface area contributed by atoms with Gasteiger partial charge < -0.3 is 14.2 Å². The van der Waals surface area contributed by atoms with Gasteiger partial charge in [0.05, 0.1) is 26.2 Å². The molecule has 13 heavy (non-hydrogen) atoms. The average molecular weight is 186 g/mol. The summed E-state index contributed by atoms with van der Waals surface area (Å²) in [7, 11) is 0. The maximum absolute atomic E-state index is 11.6. The number of hydrogen-bond donors (Lipinski definition) is 0. The van der Waals surface area contributed by atoms with E-state index in [9.17, 15) is 4.79 Å². The Balaban J connectivity index is 1.76. The Kier molecular flexibility index (Phi) is 2.93. The summed E-state index contributed by atoms with van der Waals surface area (Å²) in [5.74, 6) is 0.289. The predicted molar refractivity (Wildman–Crippen MR) is 44.2 cm³/mol. The molecule has 2 aliphatic rings. The fraction of sp³-hybridized carbons (Fsp3) is 0.889. The van der Waals surface area contributed by atoms with Gasteiger partial charge in [-0.15, -0.1) is 0 Å². The third kappa shape index (κ3) is 2.27. The minimum absolute atomic E-state index is 0.0767. The first-order chi connectivity index (χ1) is 6.36. The number of carbonyl (C=O) groups excluding carboxylic acids is 1. The van der Waals surface area contributed by atoms with E-state index in [-0.39, 0.29) is 18.0 Å². The number of hydrogen-bond acceptors (Lipinski definition) is 4. The van der Waals surface area contributed by atoms with Crippen molar-refractivity contribution in [1.82, 2.24) is 0 Å². The van der Waals surface area contributed by atoms with Crippen molar-refractivity contribution in [3.63, 3.8) is 0 Å². The Morgan fingerprint density at radius 3 is 2.62 bits per heavy atom. The molecule has 74 valence electrons. The van der Waals surface area contributed by atoms with Gasteiger partial charge in [0.2, 0.25) is 0 Å². The first kappa shape index (κ1) is 9.12. The van der Waals surface area contributed by atoms with Crippen LogP contribution in [0.3, 0.4) is 0 Å². The standard InChI is InChI=1S/C9H14O4/c10-8(7-1-2-11-6-7)5-9-12-3-4-13-9/h7,9H,1-6H2. The van der Waals surface area contributed by atoms with Crippen molar-refractivity contribution >= 4 is 5.78 Å². The van der Waals surface area contributed by atoms with Gasteiger partial charge in [0, 0.05) is 12.5 Å². The molecular formula is C9H14O4. The molecule has 2 fully saturated rings. The maximum atomic E-state index is 11.6. The van der Waals surface area contributed by atoms with E-state index in [1.807, 2.05) is 0 Å². The van der Waals surface area contributed by atoms with E-state index in [2.05, 4.69) is 0 Å². The van der Waals surface area contributed by atoms with Crippen LogP contribution in [0.1, 0.15) is 12.8 Å². The predicted octanol–water partition coefficient (Wildman–Crippen LogP) is 0.355. The van der Waals surface area contributed by atoms with Crippen LogP contribution in [0.25, 0.3) is 0 Å². The van der Waals surface area contributed by atoms with Gasteiger partial charge in [-0.25, -0.2) is 0 Å². The van der Waals surface area contributed by atoms with Crippen LogP contribution in [0.5, 0.6) is 0 Å². The van der Waals surface area contributed by atoms with Crippen LogP contribution in [0, 0.1) is 5.92 Å². The Bertz CT molecular complexity index is 180. The van der Waals surface area contributed by atoms with E-state index in [1.54, 1.807) is 0 Å². The SMILES string of the molecule is O=C(CC1OCCO1)C1CCOC1. The maximum Gasteiger partial charge on any atom is 0.164 e. The van der Waals surface area contributed by atoms with Gasteiger partial charge in [-0.05, 0) is 6.42 Å². The summed E-state index contributed by atoms with van der Waals surface area (Å²) < 4.78 is 15.5. The largest absolute Gasteiger partial charge is 0.381 e. The minimum Gasteiger partial charge on any atom is -0.381 e. The lowest BCUT2D eigenvalue weighted by molar-refractivity contribution is -0.131. The molecule has 0 N–H and O–H groups in total. The van der Waals surface area contributed by atoms with Crippen LogP contribution >= 0.6 is 0 Å². The Labute approximate surface area is 77.1 Å². The Morgan fingerprint density at radius 2 is 2.00 bits per heavy atom. The number of carbonyl (C=O) groups is 1. The molecule has 0 aromatic rings. The monoisotopic (exact) mass is 186 g/mol. The molecule has 0 aliphatic carbocycles. The van der Waals surface area contributed by atoms with Crippen molar-refractivity contribution in [1.29, 1.82) is 0 Å². The van der Waals surface area contributed by atoms with Crippen molar-refractivity contribution < 1.29 is 19.0 Å². The first-order valence-electron chi connectivity index (χ1n) is 4.70. The summed E-state index contributed by atoms with van der Waals surface area (Å²) in [5.41, 5.74) is 0. The van der Waals surface area contributed by atoms with Crippen LogP contribution in [0.15, 0.2) is 0 Å². The average Bonchev–Trinajstić information content (AvgIpc) is 2.74. The fourth-order valence-electron chi connectivity index (χ4n) is 1.64. The summed E-state index contributed by atoms with van der Waals surface area (Å²) in [5, 5.41) is 0. The van der Waals surface area contributed by atoms with E-state index in [4.69, 9.17) is 14.2 Å². The molecule has 2 heterocycles. The third-order valence-electron chi connectivity index (χ3n) is 2.44. The van der Waals surface area contributed by atoms with Crippen molar-refractivity contribution in [2.75, 3.05) is 26.4 Å². The molecular weight excluding hydrogens is 172 g/mol. The van der Waals surface area contributed by atoms with Crippen LogP contribution in [0.2, 0.25) is 0 Å². The van der Waals surface area contributed by atoms with Gasteiger partial charge in [0.1, 0.15) is 5.78 Å². The Hall–Kier alpha value is -0.450. The molecule has 1 unspecified atom stereocenters. The highest BCUT2D eigenvalue weighted by Gasteiger charge is 2.27. The van der Waals surface area contributed by atoms with E-state index in [0.29, 0.717) is 32.8 Å². The second kappa shape index (κ2) is 4.17. The molecule has 0 aromatic carbocycles. The van der Waals surface area contributed by atoms with Gasteiger partial charge in [0.25, 0.3) is 0 Å². The molecule has 0 aromatic heterocycles. The van der Waals surface area contributed by atoms with Gasteiger partial charge in [-0.1, -0.05) is 0 Å². The summed E-state index contributed by atoms with van der Waals surface area (Å²) in [6.45, 7) is 2.51. The molecule has 0 radical (unpaired) electrons. The highest BCUT2D eigenvalue weighted by Crippen LogP contribution is 2.18. The lowest BCUT2D eigenvalue weighted by atomic mass is 10.0. The summed E-state index contributed by atoms with van der Waals surface area (Å²) >= 11 is 0. The zero-order valence-electron chi connectivity index (χ0n) is 7.53. The molecule has 4 heteroatoms. The second-order valence-corrected chi connectivity index (χ2v) is 3.40. The molecule has 0 bridgehead atoms. The van der Waals surface area contributed by atoms with Crippen LogP contribution in [-0.2, 0) is 19.0 Å².